The first-order valence-electron chi connectivity index (χ1n) is 7.11. The second-order valence-corrected chi connectivity index (χ2v) is 5.44. The van der Waals surface area contributed by atoms with Crippen LogP contribution in [-0.2, 0) is 13.7 Å². The Labute approximate surface area is 122 Å². The maximum Gasteiger partial charge on any atom is 0.274 e. The standard InChI is InChI=1S/C14H19N5O2/c1-18-6-4-12(17-18)14(21)19-5-2-3-10(8-19)13-7-11(9-20)15-16-13/h4,6-7,10,20H,2-3,5,8-9H2,1H3,(H,15,16)/t10-/m1/s1. The van der Waals surface area contributed by atoms with Gasteiger partial charge in [-0.2, -0.15) is 10.2 Å². The van der Waals surface area contributed by atoms with Gasteiger partial charge in [0.1, 0.15) is 5.69 Å². The maximum absolute atomic E-state index is 12.4. The summed E-state index contributed by atoms with van der Waals surface area (Å²) in [5.74, 6) is 0.182. The summed E-state index contributed by atoms with van der Waals surface area (Å²) < 4.78 is 1.63. The van der Waals surface area contributed by atoms with Crippen molar-refractivity contribution in [2.45, 2.75) is 25.4 Å². The minimum Gasteiger partial charge on any atom is -0.390 e. The van der Waals surface area contributed by atoms with Crippen LogP contribution in [0.5, 0.6) is 0 Å². The van der Waals surface area contributed by atoms with Crippen molar-refractivity contribution in [2.24, 2.45) is 7.05 Å². The number of hydrogen-bond acceptors (Lipinski definition) is 4. The van der Waals surface area contributed by atoms with E-state index in [4.69, 9.17) is 5.11 Å². The molecule has 7 nitrogen and oxygen atoms in total. The number of aliphatic hydroxyl groups excluding tert-OH is 1. The summed E-state index contributed by atoms with van der Waals surface area (Å²) in [5, 5.41) is 20.3. The normalized spacial score (nSPS) is 19.0. The van der Waals surface area contributed by atoms with Gasteiger partial charge in [-0.05, 0) is 25.0 Å². The summed E-state index contributed by atoms with van der Waals surface area (Å²) in [5.41, 5.74) is 2.10. The molecule has 112 valence electrons. The lowest BCUT2D eigenvalue weighted by Crippen LogP contribution is -2.39. The fourth-order valence-corrected chi connectivity index (χ4v) is 2.76. The molecule has 3 rings (SSSR count). The van der Waals surface area contributed by atoms with Gasteiger partial charge in [-0.3, -0.25) is 14.6 Å². The van der Waals surface area contributed by atoms with Gasteiger partial charge in [0.25, 0.3) is 5.91 Å². The molecule has 0 aromatic carbocycles. The molecule has 0 saturated carbocycles. The van der Waals surface area contributed by atoms with Crippen molar-refractivity contribution in [3.05, 3.63) is 35.4 Å². The van der Waals surface area contributed by atoms with Crippen LogP contribution in [0.25, 0.3) is 0 Å². The molecule has 0 aliphatic carbocycles. The third kappa shape index (κ3) is 2.82. The average Bonchev–Trinajstić information content (AvgIpc) is 3.15. The molecular weight excluding hydrogens is 270 g/mol. The molecule has 1 atom stereocenters. The fraction of sp³-hybridized carbons (Fsp3) is 0.500. The van der Waals surface area contributed by atoms with Gasteiger partial charge in [-0.15, -0.1) is 0 Å². The van der Waals surface area contributed by atoms with Crippen LogP contribution in [0.15, 0.2) is 18.3 Å². The van der Waals surface area contributed by atoms with Crippen LogP contribution in [0.4, 0.5) is 0 Å². The number of carbonyl (C=O) groups excluding carboxylic acids is 1. The number of H-pyrrole nitrogens is 1. The van der Waals surface area contributed by atoms with Gasteiger partial charge < -0.3 is 10.0 Å². The molecule has 0 spiro atoms. The topological polar surface area (TPSA) is 87.0 Å². The molecule has 2 aromatic heterocycles. The Morgan fingerprint density at radius 1 is 1.57 bits per heavy atom. The van der Waals surface area contributed by atoms with Crippen LogP contribution in [0.3, 0.4) is 0 Å². The zero-order valence-electron chi connectivity index (χ0n) is 12.0. The molecule has 2 aromatic rings. The second-order valence-electron chi connectivity index (χ2n) is 5.44. The van der Waals surface area contributed by atoms with Gasteiger partial charge in [-0.1, -0.05) is 0 Å². The van der Waals surface area contributed by atoms with Crippen LogP contribution < -0.4 is 0 Å². The average molecular weight is 289 g/mol. The number of aryl methyl sites for hydroxylation is 1. The predicted molar refractivity (Wildman–Crippen MR) is 75.6 cm³/mol. The molecule has 2 N–H and O–H groups in total. The number of carbonyl (C=O) groups is 1. The number of amides is 1. The van der Waals surface area contributed by atoms with Gasteiger partial charge >= 0.3 is 0 Å². The van der Waals surface area contributed by atoms with Crippen molar-refractivity contribution >= 4 is 5.91 Å². The van der Waals surface area contributed by atoms with E-state index in [2.05, 4.69) is 15.3 Å². The summed E-state index contributed by atoms with van der Waals surface area (Å²) in [6, 6.07) is 3.61. The van der Waals surface area contributed by atoms with Crippen molar-refractivity contribution < 1.29 is 9.90 Å². The molecule has 1 fully saturated rings. The monoisotopic (exact) mass is 289 g/mol. The second kappa shape index (κ2) is 5.69. The Kier molecular flexibility index (Phi) is 3.74. The van der Waals surface area contributed by atoms with Crippen LogP contribution in [-0.4, -0.2) is 49.0 Å². The zero-order chi connectivity index (χ0) is 14.8. The van der Waals surface area contributed by atoms with Crippen LogP contribution in [0.1, 0.15) is 40.6 Å². The van der Waals surface area contributed by atoms with Crippen molar-refractivity contribution in [2.75, 3.05) is 13.1 Å². The predicted octanol–water partition coefficient (Wildman–Crippen LogP) is 0.655. The number of nitrogens with zero attached hydrogens (tertiary/aromatic N) is 4. The number of piperidine rings is 1. The first-order valence-corrected chi connectivity index (χ1v) is 7.11. The van der Waals surface area contributed by atoms with Crippen molar-refractivity contribution in [1.82, 2.24) is 24.9 Å². The molecular formula is C14H19N5O2. The number of hydrogen-bond donors (Lipinski definition) is 2. The van der Waals surface area contributed by atoms with Gasteiger partial charge in [-0.25, -0.2) is 0 Å². The van der Waals surface area contributed by atoms with Gasteiger partial charge in [0.15, 0.2) is 0 Å². The van der Waals surface area contributed by atoms with E-state index in [1.54, 1.807) is 24.0 Å². The number of aromatic nitrogens is 4. The molecule has 1 saturated heterocycles. The molecule has 1 aliphatic rings. The van der Waals surface area contributed by atoms with Gasteiger partial charge in [0, 0.05) is 32.3 Å². The minimum absolute atomic E-state index is 0.0294. The Morgan fingerprint density at radius 2 is 2.43 bits per heavy atom. The SMILES string of the molecule is Cn1ccc(C(=O)N2CCC[C@@H](c3cc(CO)[nH]n3)C2)n1. The third-order valence-electron chi connectivity index (χ3n) is 3.88. The summed E-state index contributed by atoms with van der Waals surface area (Å²) in [6.07, 6.45) is 3.72. The zero-order valence-corrected chi connectivity index (χ0v) is 12.0. The van der Waals surface area contributed by atoms with Crippen molar-refractivity contribution in [1.29, 1.82) is 0 Å². The Balaban J connectivity index is 1.72. The number of nitrogens with one attached hydrogen (secondary N) is 1. The Bertz CT molecular complexity index is 633. The highest BCUT2D eigenvalue weighted by atomic mass is 16.3. The Hall–Kier alpha value is -2.15. The molecule has 21 heavy (non-hydrogen) atoms. The van der Waals surface area contributed by atoms with E-state index in [1.807, 2.05) is 11.0 Å². The van der Waals surface area contributed by atoms with E-state index in [9.17, 15) is 4.79 Å². The van der Waals surface area contributed by atoms with Crippen molar-refractivity contribution in [3.63, 3.8) is 0 Å². The lowest BCUT2D eigenvalue weighted by molar-refractivity contribution is 0.0699. The van der Waals surface area contributed by atoms with Crippen LogP contribution in [0.2, 0.25) is 0 Å². The van der Waals surface area contributed by atoms with Gasteiger partial charge in [0.2, 0.25) is 0 Å². The van der Waals surface area contributed by atoms with Crippen LogP contribution in [0, 0.1) is 0 Å². The highest BCUT2D eigenvalue weighted by Gasteiger charge is 2.27. The molecule has 0 unspecified atom stereocenters. The fourth-order valence-electron chi connectivity index (χ4n) is 2.76. The van der Waals surface area contributed by atoms with E-state index in [1.165, 1.54) is 0 Å². The summed E-state index contributed by atoms with van der Waals surface area (Å²) in [6.45, 7) is 1.35. The quantitative estimate of drug-likeness (QED) is 0.869. The van der Waals surface area contributed by atoms with E-state index in [-0.39, 0.29) is 18.4 Å². The lowest BCUT2D eigenvalue weighted by atomic mass is 9.94. The highest BCUT2D eigenvalue weighted by molar-refractivity contribution is 5.92. The van der Waals surface area contributed by atoms with Crippen molar-refractivity contribution in [3.8, 4) is 0 Å². The maximum atomic E-state index is 12.4. The lowest BCUT2D eigenvalue weighted by Gasteiger charge is -2.31. The number of aromatic amines is 1. The van der Waals surface area contributed by atoms with Gasteiger partial charge in [0.05, 0.1) is 18.0 Å². The van der Waals surface area contributed by atoms with Crippen LogP contribution >= 0.6 is 0 Å². The summed E-state index contributed by atoms with van der Waals surface area (Å²) in [7, 11) is 1.80. The van der Waals surface area contributed by atoms with E-state index in [0.717, 1.165) is 25.1 Å². The third-order valence-corrected chi connectivity index (χ3v) is 3.88. The highest BCUT2D eigenvalue weighted by Crippen LogP contribution is 2.26. The summed E-state index contributed by atoms with van der Waals surface area (Å²) in [4.78, 5) is 14.3. The first-order chi connectivity index (χ1) is 10.2. The molecule has 0 radical (unpaired) electrons. The summed E-state index contributed by atoms with van der Waals surface area (Å²) >= 11 is 0. The largest absolute Gasteiger partial charge is 0.390 e. The minimum atomic E-state index is -0.0453. The number of rotatable bonds is 3. The first kappa shape index (κ1) is 13.8. The van der Waals surface area contributed by atoms with E-state index in [0.29, 0.717) is 17.9 Å². The molecule has 0 bridgehead atoms. The number of aliphatic hydroxyl groups is 1. The molecule has 1 aliphatic heterocycles. The molecule has 1 amide bonds. The van der Waals surface area contributed by atoms with E-state index >= 15 is 0 Å². The Morgan fingerprint density at radius 3 is 3.10 bits per heavy atom. The molecule has 3 heterocycles. The van der Waals surface area contributed by atoms with E-state index < -0.39 is 0 Å². The number of likely N-dealkylation sites (tertiary alicyclic amines) is 1. The smallest absolute Gasteiger partial charge is 0.274 e. The molecule has 7 heteroatoms.